The number of nitrogens with zero attached hydrogens (tertiary/aromatic N) is 2. The zero-order chi connectivity index (χ0) is 12.3. The van der Waals surface area contributed by atoms with Crippen LogP contribution in [0.5, 0.6) is 0 Å². The molecule has 1 amide bonds. The Morgan fingerprint density at radius 2 is 2.06 bits per heavy atom. The van der Waals surface area contributed by atoms with Crippen LogP contribution in [0, 0.1) is 6.92 Å². The van der Waals surface area contributed by atoms with Crippen molar-refractivity contribution >= 4 is 29.1 Å². The third-order valence-corrected chi connectivity index (χ3v) is 3.30. The Labute approximate surface area is 104 Å². The molecule has 17 heavy (non-hydrogen) atoms. The van der Waals surface area contributed by atoms with Crippen molar-refractivity contribution in [2.75, 3.05) is 0 Å². The van der Waals surface area contributed by atoms with Crippen molar-refractivity contribution in [2.45, 2.75) is 19.1 Å². The molecule has 88 valence electrons. The maximum Gasteiger partial charge on any atom is 0.239 e. The fraction of sp³-hybridized carbons (Fsp3) is 0.250. The topological polar surface area (TPSA) is 53.8 Å². The van der Waals surface area contributed by atoms with Crippen LogP contribution in [-0.4, -0.2) is 22.5 Å². The SMILES string of the molecule is Cc1ccc(/C=N/N=C2/NC(=O)C(C)S2)cc1. The summed E-state index contributed by atoms with van der Waals surface area (Å²) in [5.74, 6) is -0.0146. The van der Waals surface area contributed by atoms with E-state index in [0.29, 0.717) is 5.17 Å². The van der Waals surface area contributed by atoms with Gasteiger partial charge < -0.3 is 5.32 Å². The molecule has 2 rings (SSSR count). The van der Waals surface area contributed by atoms with E-state index >= 15 is 0 Å². The van der Waals surface area contributed by atoms with Crippen molar-refractivity contribution in [1.82, 2.24) is 5.32 Å². The summed E-state index contributed by atoms with van der Waals surface area (Å²) < 4.78 is 0. The number of carbonyl (C=O) groups excluding carboxylic acids is 1. The van der Waals surface area contributed by atoms with Gasteiger partial charge >= 0.3 is 0 Å². The smallest absolute Gasteiger partial charge is 0.239 e. The third kappa shape index (κ3) is 3.17. The highest BCUT2D eigenvalue weighted by atomic mass is 32.2. The highest BCUT2D eigenvalue weighted by Gasteiger charge is 2.25. The van der Waals surface area contributed by atoms with Crippen molar-refractivity contribution in [3.63, 3.8) is 0 Å². The first-order chi connectivity index (χ1) is 8.15. The number of nitrogens with one attached hydrogen (secondary N) is 1. The number of amides is 1. The molecule has 1 heterocycles. The predicted molar refractivity (Wildman–Crippen MR) is 71.4 cm³/mol. The number of hydrogen-bond donors (Lipinski definition) is 1. The van der Waals surface area contributed by atoms with Gasteiger partial charge in [-0.15, -0.1) is 5.10 Å². The van der Waals surface area contributed by atoms with Gasteiger partial charge in [0.25, 0.3) is 0 Å². The largest absolute Gasteiger partial charge is 0.303 e. The number of carbonyl (C=O) groups is 1. The van der Waals surface area contributed by atoms with Crippen LogP contribution >= 0.6 is 11.8 Å². The Bertz CT molecular complexity index is 479. The van der Waals surface area contributed by atoms with Crippen molar-refractivity contribution < 1.29 is 4.79 Å². The van der Waals surface area contributed by atoms with Crippen LogP contribution in [0.2, 0.25) is 0 Å². The Morgan fingerprint density at radius 1 is 1.35 bits per heavy atom. The second-order valence-electron chi connectivity index (χ2n) is 3.81. The first-order valence-corrected chi connectivity index (χ1v) is 6.18. The van der Waals surface area contributed by atoms with Gasteiger partial charge in [0.1, 0.15) is 0 Å². The Morgan fingerprint density at radius 3 is 2.65 bits per heavy atom. The molecule has 0 aliphatic carbocycles. The number of rotatable bonds is 2. The molecule has 1 atom stereocenters. The van der Waals surface area contributed by atoms with Gasteiger partial charge in [-0.05, 0) is 19.4 Å². The van der Waals surface area contributed by atoms with Crippen LogP contribution in [0.15, 0.2) is 34.5 Å². The van der Waals surface area contributed by atoms with E-state index in [1.807, 2.05) is 38.1 Å². The van der Waals surface area contributed by atoms with E-state index in [-0.39, 0.29) is 11.2 Å². The van der Waals surface area contributed by atoms with E-state index in [2.05, 4.69) is 15.5 Å². The van der Waals surface area contributed by atoms with Crippen LogP contribution in [0.1, 0.15) is 18.1 Å². The molecule has 0 aromatic heterocycles. The summed E-state index contributed by atoms with van der Waals surface area (Å²) in [6, 6.07) is 7.98. The molecule has 0 spiro atoms. The first kappa shape index (κ1) is 11.9. The molecule has 1 fully saturated rings. The van der Waals surface area contributed by atoms with E-state index in [9.17, 15) is 4.79 Å². The van der Waals surface area contributed by atoms with Gasteiger partial charge in [-0.3, -0.25) is 4.79 Å². The summed E-state index contributed by atoms with van der Waals surface area (Å²) in [7, 11) is 0. The first-order valence-electron chi connectivity index (χ1n) is 5.30. The molecule has 0 radical (unpaired) electrons. The van der Waals surface area contributed by atoms with Crippen molar-refractivity contribution in [3.8, 4) is 0 Å². The van der Waals surface area contributed by atoms with E-state index < -0.39 is 0 Å². The second-order valence-corrected chi connectivity index (χ2v) is 5.14. The molecule has 0 bridgehead atoms. The highest BCUT2D eigenvalue weighted by molar-refractivity contribution is 8.15. The van der Waals surface area contributed by atoms with E-state index in [1.54, 1.807) is 6.21 Å². The lowest BCUT2D eigenvalue weighted by atomic mass is 10.2. The average molecular weight is 247 g/mol. The third-order valence-electron chi connectivity index (χ3n) is 2.32. The molecule has 1 unspecified atom stereocenters. The number of hydrogen-bond acceptors (Lipinski definition) is 4. The van der Waals surface area contributed by atoms with E-state index in [1.165, 1.54) is 17.3 Å². The number of thioether (sulfide) groups is 1. The minimum Gasteiger partial charge on any atom is -0.303 e. The molecule has 1 aliphatic rings. The predicted octanol–water partition coefficient (Wildman–Crippen LogP) is 1.94. The van der Waals surface area contributed by atoms with Crippen LogP contribution in [0.25, 0.3) is 0 Å². The average Bonchev–Trinajstić information content (AvgIpc) is 2.61. The second kappa shape index (κ2) is 5.14. The number of aryl methyl sites for hydroxylation is 1. The standard InChI is InChI=1S/C12H13N3OS/c1-8-3-5-10(6-4-8)7-13-15-12-14-11(16)9(2)17-12/h3-7,9H,1-2H3,(H,14,15,16)/b13-7+. The minimum absolute atomic E-state index is 0.0146. The maximum atomic E-state index is 11.2. The lowest BCUT2D eigenvalue weighted by Crippen LogP contribution is -2.23. The van der Waals surface area contributed by atoms with Crippen molar-refractivity contribution in [3.05, 3.63) is 35.4 Å². The fourth-order valence-electron chi connectivity index (χ4n) is 1.31. The zero-order valence-electron chi connectivity index (χ0n) is 9.68. The normalized spacial score (nSPS) is 22.4. The summed E-state index contributed by atoms with van der Waals surface area (Å²) in [5, 5.41) is 11.0. The quantitative estimate of drug-likeness (QED) is 0.641. The zero-order valence-corrected chi connectivity index (χ0v) is 10.5. The molecule has 0 saturated carbocycles. The van der Waals surface area contributed by atoms with Crippen LogP contribution in [-0.2, 0) is 4.79 Å². The molecule has 1 saturated heterocycles. The Hall–Kier alpha value is -1.62. The van der Waals surface area contributed by atoms with Gasteiger partial charge in [-0.25, -0.2) is 0 Å². The monoisotopic (exact) mass is 247 g/mol. The van der Waals surface area contributed by atoms with Gasteiger partial charge in [-0.2, -0.15) is 5.10 Å². The van der Waals surface area contributed by atoms with Crippen LogP contribution < -0.4 is 5.32 Å². The summed E-state index contributed by atoms with van der Waals surface area (Å²) in [4.78, 5) is 11.2. The molecule has 4 nitrogen and oxygen atoms in total. The van der Waals surface area contributed by atoms with E-state index in [4.69, 9.17) is 0 Å². The summed E-state index contributed by atoms with van der Waals surface area (Å²) in [6.45, 7) is 3.87. The van der Waals surface area contributed by atoms with Gasteiger partial charge in [-0.1, -0.05) is 41.6 Å². The van der Waals surface area contributed by atoms with Crippen molar-refractivity contribution in [2.24, 2.45) is 10.2 Å². The van der Waals surface area contributed by atoms with Crippen molar-refractivity contribution in [1.29, 1.82) is 0 Å². The summed E-state index contributed by atoms with van der Waals surface area (Å²) in [5.41, 5.74) is 2.20. The molecular weight excluding hydrogens is 234 g/mol. The van der Waals surface area contributed by atoms with E-state index in [0.717, 1.165) is 5.56 Å². The number of benzene rings is 1. The molecule has 1 aromatic rings. The Kier molecular flexibility index (Phi) is 3.58. The van der Waals surface area contributed by atoms with Gasteiger partial charge in [0.05, 0.1) is 11.5 Å². The Balaban J connectivity index is 2.00. The molecule has 5 heteroatoms. The highest BCUT2D eigenvalue weighted by Crippen LogP contribution is 2.18. The van der Waals surface area contributed by atoms with Gasteiger partial charge in [0.2, 0.25) is 5.91 Å². The van der Waals surface area contributed by atoms with Gasteiger partial charge in [0, 0.05) is 0 Å². The molecule has 1 aliphatic heterocycles. The molecule has 1 N–H and O–H groups in total. The molecular formula is C12H13N3OS. The number of amidine groups is 1. The lowest BCUT2D eigenvalue weighted by molar-refractivity contribution is -0.118. The van der Waals surface area contributed by atoms with Gasteiger partial charge in [0.15, 0.2) is 5.17 Å². The summed E-state index contributed by atoms with van der Waals surface area (Å²) in [6.07, 6.45) is 1.67. The maximum absolute atomic E-state index is 11.2. The van der Waals surface area contributed by atoms with Crippen LogP contribution in [0.4, 0.5) is 0 Å². The summed E-state index contributed by atoms with van der Waals surface area (Å²) >= 11 is 1.39. The molecule has 1 aromatic carbocycles. The fourth-order valence-corrected chi connectivity index (χ4v) is 2.06. The lowest BCUT2D eigenvalue weighted by Gasteiger charge is -1.93. The van der Waals surface area contributed by atoms with Crippen LogP contribution in [0.3, 0.4) is 0 Å². The minimum atomic E-state index is -0.0803.